The monoisotopic (exact) mass is 451 g/mol. The van der Waals surface area contributed by atoms with Crippen molar-refractivity contribution in [2.24, 2.45) is 0 Å². The predicted molar refractivity (Wildman–Crippen MR) is 122 cm³/mol. The quantitative estimate of drug-likeness (QED) is 0.534. The molecule has 3 aromatic rings. The number of imide groups is 1. The van der Waals surface area contributed by atoms with Crippen LogP contribution in [0.25, 0.3) is 0 Å². The van der Waals surface area contributed by atoms with E-state index in [1.807, 2.05) is 18.4 Å². The number of hydrogen-bond donors (Lipinski definition) is 1. The van der Waals surface area contributed by atoms with E-state index in [-0.39, 0.29) is 6.42 Å². The number of hydrogen-bond acceptors (Lipinski definition) is 4. The molecule has 0 aliphatic carbocycles. The highest BCUT2D eigenvalue weighted by Gasteiger charge is 2.46. The third-order valence-corrected chi connectivity index (χ3v) is 6.47. The first-order chi connectivity index (χ1) is 15.4. The second-order valence-electron chi connectivity index (χ2n) is 7.54. The molecule has 2 heterocycles. The average Bonchev–Trinajstić information content (AvgIpc) is 3.29. The lowest BCUT2D eigenvalue weighted by Crippen LogP contribution is -2.39. The maximum atomic E-state index is 13.2. The molecule has 0 unspecified atom stereocenters. The van der Waals surface area contributed by atoms with Gasteiger partial charge < -0.3 is 10.2 Å². The van der Waals surface area contributed by atoms with Gasteiger partial charge in [0, 0.05) is 17.1 Å². The highest BCUT2D eigenvalue weighted by atomic mass is 32.1. The van der Waals surface area contributed by atoms with Crippen molar-refractivity contribution in [2.45, 2.75) is 25.8 Å². The van der Waals surface area contributed by atoms with Crippen LogP contribution in [-0.4, -0.2) is 35.3 Å². The molecule has 1 aromatic heterocycles. The summed E-state index contributed by atoms with van der Waals surface area (Å²) in [6, 6.07) is 14.7. The number of benzene rings is 2. The van der Waals surface area contributed by atoms with Gasteiger partial charge in [-0.3, -0.25) is 9.59 Å². The fourth-order valence-corrected chi connectivity index (χ4v) is 4.60. The van der Waals surface area contributed by atoms with Gasteiger partial charge >= 0.3 is 6.03 Å². The Balaban J connectivity index is 1.54. The summed E-state index contributed by atoms with van der Waals surface area (Å²) in [6.07, 6.45) is 0.413. The zero-order valence-corrected chi connectivity index (χ0v) is 18.3. The van der Waals surface area contributed by atoms with Crippen molar-refractivity contribution in [3.8, 4) is 0 Å². The largest absolute Gasteiger partial charge is 0.332 e. The lowest BCUT2D eigenvalue weighted by atomic mass is 10.1. The van der Waals surface area contributed by atoms with Gasteiger partial charge in [-0.1, -0.05) is 18.2 Å². The zero-order chi connectivity index (χ0) is 22.7. The Bertz CT molecular complexity index is 1130. The molecule has 4 rings (SSSR count). The standard InChI is InChI=1S/C24H22FN3O3S/c1-16-12-14-32-21(16)11-13-27-20(15-22(29)26-18-9-7-17(25)8-10-18)23(30)28(24(27)31)19-5-3-2-4-6-19/h2-10,12,14,20H,11,13,15H2,1H3,(H,26,29)/t20-/m0/s1. The molecule has 4 amide bonds. The van der Waals surface area contributed by atoms with Gasteiger partial charge in [0.15, 0.2) is 0 Å². The van der Waals surface area contributed by atoms with E-state index in [9.17, 15) is 18.8 Å². The molecule has 1 aliphatic heterocycles. The molecule has 2 aromatic carbocycles. The number of halogens is 1. The van der Waals surface area contributed by atoms with Crippen LogP contribution in [-0.2, 0) is 16.0 Å². The fraction of sp³-hybridized carbons (Fsp3) is 0.208. The van der Waals surface area contributed by atoms with E-state index in [2.05, 4.69) is 5.32 Å². The van der Waals surface area contributed by atoms with Gasteiger partial charge in [-0.05, 0) is 66.8 Å². The van der Waals surface area contributed by atoms with Gasteiger partial charge in [-0.25, -0.2) is 14.1 Å². The molecule has 164 valence electrons. The summed E-state index contributed by atoms with van der Waals surface area (Å²) >= 11 is 1.60. The number of aryl methyl sites for hydroxylation is 1. The molecule has 32 heavy (non-hydrogen) atoms. The second kappa shape index (κ2) is 9.32. The average molecular weight is 452 g/mol. The molecule has 0 spiro atoms. The zero-order valence-electron chi connectivity index (χ0n) is 17.5. The van der Waals surface area contributed by atoms with Gasteiger partial charge in [0.2, 0.25) is 5.91 Å². The van der Waals surface area contributed by atoms with E-state index in [1.165, 1.54) is 29.2 Å². The maximum Gasteiger partial charge on any atom is 0.332 e. The Kier molecular flexibility index (Phi) is 6.32. The number of thiophene rings is 1. The molecule has 1 saturated heterocycles. The molecule has 1 fully saturated rings. The topological polar surface area (TPSA) is 69.7 Å². The number of anilines is 2. The van der Waals surface area contributed by atoms with Crippen molar-refractivity contribution < 1.29 is 18.8 Å². The fourth-order valence-electron chi connectivity index (χ4n) is 3.71. The first kappa shape index (κ1) is 21.7. The van der Waals surface area contributed by atoms with E-state index in [4.69, 9.17) is 0 Å². The van der Waals surface area contributed by atoms with Crippen LogP contribution in [0.15, 0.2) is 66.0 Å². The molecule has 1 aliphatic rings. The number of amides is 4. The molecule has 6 nitrogen and oxygen atoms in total. The van der Waals surface area contributed by atoms with Gasteiger partial charge in [0.25, 0.3) is 5.91 Å². The van der Waals surface area contributed by atoms with E-state index < -0.39 is 29.7 Å². The number of rotatable bonds is 7. The summed E-state index contributed by atoms with van der Waals surface area (Å²) in [7, 11) is 0. The summed E-state index contributed by atoms with van der Waals surface area (Å²) < 4.78 is 13.1. The van der Waals surface area contributed by atoms with Crippen molar-refractivity contribution in [1.29, 1.82) is 0 Å². The summed E-state index contributed by atoms with van der Waals surface area (Å²) in [6.45, 7) is 2.33. The van der Waals surface area contributed by atoms with Gasteiger partial charge in [0.05, 0.1) is 12.1 Å². The van der Waals surface area contributed by atoms with Crippen LogP contribution >= 0.6 is 11.3 Å². The smallest absolute Gasteiger partial charge is 0.326 e. The van der Waals surface area contributed by atoms with E-state index in [1.54, 1.807) is 41.7 Å². The number of nitrogens with one attached hydrogen (secondary N) is 1. The van der Waals surface area contributed by atoms with Gasteiger partial charge in [-0.2, -0.15) is 0 Å². The molecule has 1 N–H and O–H groups in total. The van der Waals surface area contributed by atoms with E-state index >= 15 is 0 Å². The van der Waals surface area contributed by atoms with Crippen molar-refractivity contribution in [2.75, 3.05) is 16.8 Å². The Hall–Kier alpha value is -3.52. The van der Waals surface area contributed by atoms with Crippen LogP contribution in [0.3, 0.4) is 0 Å². The number of carbonyl (C=O) groups is 3. The number of urea groups is 1. The first-order valence-corrected chi connectivity index (χ1v) is 11.1. The minimum atomic E-state index is -0.913. The lowest BCUT2D eigenvalue weighted by molar-refractivity contribution is -0.124. The van der Waals surface area contributed by atoms with Crippen LogP contribution in [0.1, 0.15) is 16.9 Å². The van der Waals surface area contributed by atoms with Gasteiger partial charge in [-0.15, -0.1) is 11.3 Å². The van der Waals surface area contributed by atoms with Crippen molar-refractivity contribution in [3.63, 3.8) is 0 Å². The number of carbonyl (C=O) groups excluding carboxylic acids is 3. The molecule has 0 radical (unpaired) electrons. The molecule has 0 bridgehead atoms. The molecule has 0 saturated carbocycles. The van der Waals surface area contributed by atoms with Gasteiger partial charge in [0.1, 0.15) is 11.9 Å². The minimum absolute atomic E-state index is 0.186. The van der Waals surface area contributed by atoms with Crippen LogP contribution in [0.5, 0.6) is 0 Å². The molecular weight excluding hydrogens is 429 g/mol. The first-order valence-electron chi connectivity index (χ1n) is 10.2. The van der Waals surface area contributed by atoms with Crippen LogP contribution in [0.4, 0.5) is 20.6 Å². The lowest BCUT2D eigenvalue weighted by Gasteiger charge is -2.21. The molecule has 8 heteroatoms. The Morgan fingerprint density at radius 3 is 2.44 bits per heavy atom. The number of nitrogens with zero attached hydrogens (tertiary/aromatic N) is 2. The highest BCUT2D eigenvalue weighted by Crippen LogP contribution is 2.28. The third kappa shape index (κ3) is 4.55. The normalized spacial score (nSPS) is 16.0. The molecule has 1 atom stereocenters. The SMILES string of the molecule is Cc1ccsc1CCN1C(=O)N(c2ccccc2)C(=O)[C@@H]1CC(=O)Nc1ccc(F)cc1. The summed E-state index contributed by atoms with van der Waals surface area (Å²) in [5.74, 6) is -1.26. The second-order valence-corrected chi connectivity index (χ2v) is 8.54. The predicted octanol–water partition coefficient (Wildman–Crippen LogP) is 4.60. The van der Waals surface area contributed by atoms with Crippen molar-refractivity contribution >= 4 is 40.6 Å². The Labute approximate surface area is 189 Å². The van der Waals surface area contributed by atoms with Crippen LogP contribution < -0.4 is 10.2 Å². The Morgan fingerprint density at radius 1 is 1.06 bits per heavy atom. The summed E-state index contributed by atoms with van der Waals surface area (Å²) in [4.78, 5) is 42.8. The maximum absolute atomic E-state index is 13.2. The van der Waals surface area contributed by atoms with Crippen molar-refractivity contribution in [3.05, 3.63) is 82.3 Å². The van der Waals surface area contributed by atoms with E-state index in [0.717, 1.165) is 15.3 Å². The van der Waals surface area contributed by atoms with Crippen molar-refractivity contribution in [1.82, 2.24) is 4.90 Å². The van der Waals surface area contributed by atoms with E-state index in [0.29, 0.717) is 24.3 Å². The summed E-state index contributed by atoms with van der Waals surface area (Å²) in [5.41, 5.74) is 2.04. The minimum Gasteiger partial charge on any atom is -0.326 e. The van der Waals surface area contributed by atoms with Crippen LogP contribution in [0.2, 0.25) is 0 Å². The number of para-hydroxylation sites is 1. The third-order valence-electron chi connectivity index (χ3n) is 5.39. The Morgan fingerprint density at radius 2 is 1.78 bits per heavy atom. The molecular formula is C24H22FN3O3S. The summed E-state index contributed by atoms with van der Waals surface area (Å²) in [5, 5.41) is 4.66. The van der Waals surface area contributed by atoms with Crippen LogP contribution in [0, 0.1) is 12.7 Å². The highest BCUT2D eigenvalue weighted by molar-refractivity contribution is 7.10.